The van der Waals surface area contributed by atoms with Crippen LogP contribution in [0.2, 0.25) is 0 Å². The smallest absolute Gasteiger partial charge is 0.437 e. The molecule has 3 aromatic carbocycles. The lowest BCUT2D eigenvalue weighted by Crippen LogP contribution is -2.25. The van der Waals surface area contributed by atoms with Gasteiger partial charge in [-0.25, -0.2) is 0 Å². The van der Waals surface area contributed by atoms with E-state index in [1.165, 1.54) is 37.4 Å². The fraction of sp³-hybridized carbons (Fsp3) is 0.105. The Kier molecular flexibility index (Phi) is 5.28. The van der Waals surface area contributed by atoms with Crippen LogP contribution in [0.15, 0.2) is 76.8 Å². The molecule has 5 nitrogen and oxygen atoms in total. The zero-order valence-electron chi connectivity index (χ0n) is 14.5. The molecule has 28 heavy (non-hydrogen) atoms. The molecule has 0 fully saturated rings. The number of oxime groups is 1. The molecule has 0 aliphatic carbocycles. The van der Waals surface area contributed by atoms with Gasteiger partial charge in [0.15, 0.2) is 5.71 Å². The minimum absolute atomic E-state index is 0.300. The van der Waals surface area contributed by atoms with E-state index >= 15 is 0 Å². The van der Waals surface area contributed by atoms with Crippen LogP contribution in [0, 0.1) is 0 Å². The van der Waals surface area contributed by atoms with Gasteiger partial charge in [-0.3, -0.25) is 4.28 Å². The number of fused-ring (bicyclic) bond motifs is 1. The van der Waals surface area contributed by atoms with Crippen molar-refractivity contribution < 1.29 is 30.6 Å². The van der Waals surface area contributed by atoms with Crippen LogP contribution in [-0.2, 0) is 14.4 Å². The number of benzene rings is 3. The van der Waals surface area contributed by atoms with Crippen LogP contribution in [0.1, 0.15) is 5.56 Å². The van der Waals surface area contributed by atoms with Gasteiger partial charge in [0.1, 0.15) is 10.6 Å². The molecule has 0 radical (unpaired) electrons. The van der Waals surface area contributed by atoms with Crippen LogP contribution in [0.25, 0.3) is 10.8 Å². The molecule has 0 aliphatic rings. The highest BCUT2D eigenvalue weighted by Crippen LogP contribution is 2.26. The van der Waals surface area contributed by atoms with Gasteiger partial charge in [-0.15, -0.1) is 0 Å². The summed E-state index contributed by atoms with van der Waals surface area (Å²) < 4.78 is 73.9. The largest absolute Gasteiger partial charge is 0.497 e. The number of nitrogens with zero attached hydrogens (tertiary/aromatic N) is 1. The first-order valence-electron chi connectivity index (χ1n) is 7.93. The van der Waals surface area contributed by atoms with Crippen molar-refractivity contribution in [3.63, 3.8) is 0 Å². The Morgan fingerprint density at radius 2 is 1.57 bits per heavy atom. The van der Waals surface area contributed by atoms with Crippen molar-refractivity contribution in [3.8, 4) is 5.75 Å². The van der Waals surface area contributed by atoms with Crippen LogP contribution in [0.5, 0.6) is 5.75 Å². The number of hydrogen-bond donors (Lipinski definition) is 0. The molecule has 0 aliphatic heterocycles. The van der Waals surface area contributed by atoms with Gasteiger partial charge in [0.05, 0.1) is 7.11 Å². The summed E-state index contributed by atoms with van der Waals surface area (Å²) in [5.41, 5.74) is -1.83. The lowest BCUT2D eigenvalue weighted by molar-refractivity contribution is -0.0597. The summed E-state index contributed by atoms with van der Waals surface area (Å²) >= 11 is 0. The molecule has 3 rings (SSSR count). The second-order valence-electron chi connectivity index (χ2n) is 5.70. The van der Waals surface area contributed by atoms with Crippen molar-refractivity contribution in [1.82, 2.24) is 0 Å². The number of rotatable bonds is 5. The van der Waals surface area contributed by atoms with Gasteiger partial charge < -0.3 is 4.74 Å². The van der Waals surface area contributed by atoms with E-state index in [9.17, 15) is 21.6 Å². The predicted octanol–water partition coefficient (Wildman–Crippen LogP) is 4.52. The lowest BCUT2D eigenvalue weighted by Gasteiger charge is -2.11. The number of halogens is 3. The number of ether oxygens (including phenoxy) is 1. The third kappa shape index (κ3) is 4.25. The summed E-state index contributed by atoms with van der Waals surface area (Å²) in [5, 5.41) is 4.29. The molecular weight excluding hydrogens is 395 g/mol. The van der Waals surface area contributed by atoms with E-state index in [1.807, 2.05) is 0 Å². The van der Waals surface area contributed by atoms with Gasteiger partial charge in [-0.2, -0.15) is 21.6 Å². The highest BCUT2D eigenvalue weighted by molar-refractivity contribution is 7.86. The second kappa shape index (κ2) is 7.51. The topological polar surface area (TPSA) is 65.0 Å². The van der Waals surface area contributed by atoms with Crippen molar-refractivity contribution in [1.29, 1.82) is 0 Å². The van der Waals surface area contributed by atoms with Crippen molar-refractivity contribution in [2.24, 2.45) is 5.16 Å². The molecular formula is C19H14F3NO4S. The van der Waals surface area contributed by atoms with Gasteiger partial charge in [-0.05, 0) is 47.2 Å². The van der Waals surface area contributed by atoms with Gasteiger partial charge in [0.2, 0.25) is 0 Å². The SMILES string of the molecule is COc1ccc(C(=NOS(=O)(=O)c2ccc3ccccc3c2)C(F)(F)F)cc1. The van der Waals surface area contributed by atoms with Crippen LogP contribution in [0.3, 0.4) is 0 Å². The average Bonchev–Trinajstić information content (AvgIpc) is 2.67. The fourth-order valence-corrected chi connectivity index (χ4v) is 3.23. The van der Waals surface area contributed by atoms with E-state index in [0.717, 1.165) is 17.5 Å². The van der Waals surface area contributed by atoms with E-state index in [1.54, 1.807) is 24.3 Å². The van der Waals surface area contributed by atoms with Gasteiger partial charge >= 0.3 is 16.3 Å². The standard InChI is InChI=1S/C19H14F3NO4S/c1-26-16-9-6-14(7-10-16)18(19(20,21)22)23-27-28(24,25)17-11-8-13-4-2-3-5-15(13)12-17/h2-12H,1H3. The Hall–Kier alpha value is -3.07. The molecule has 0 bridgehead atoms. The summed E-state index contributed by atoms with van der Waals surface area (Å²) in [5.74, 6) is 0.343. The minimum Gasteiger partial charge on any atom is -0.497 e. The third-order valence-corrected chi connectivity index (χ3v) is 4.97. The van der Waals surface area contributed by atoms with Crippen LogP contribution >= 0.6 is 0 Å². The molecule has 0 saturated carbocycles. The van der Waals surface area contributed by atoms with E-state index in [2.05, 4.69) is 9.44 Å². The van der Waals surface area contributed by atoms with E-state index in [4.69, 9.17) is 4.74 Å². The molecule has 0 amide bonds. The summed E-state index contributed by atoms with van der Waals surface area (Å²) in [4.78, 5) is -0.300. The first-order chi connectivity index (χ1) is 13.2. The van der Waals surface area contributed by atoms with E-state index < -0.39 is 22.0 Å². The Morgan fingerprint density at radius 1 is 0.929 bits per heavy atom. The molecule has 0 heterocycles. The maximum Gasteiger partial charge on any atom is 0.437 e. The monoisotopic (exact) mass is 409 g/mol. The third-order valence-electron chi connectivity index (χ3n) is 3.87. The first kappa shape index (κ1) is 19.7. The molecule has 0 spiro atoms. The van der Waals surface area contributed by atoms with E-state index in [0.29, 0.717) is 11.1 Å². The Bertz CT molecular complexity index is 1120. The summed E-state index contributed by atoms with van der Waals surface area (Å²) in [6.45, 7) is 0. The zero-order chi connectivity index (χ0) is 20.4. The molecule has 0 aromatic heterocycles. The predicted molar refractivity (Wildman–Crippen MR) is 97.8 cm³/mol. The van der Waals surface area contributed by atoms with Crippen LogP contribution in [0.4, 0.5) is 13.2 Å². The summed E-state index contributed by atoms with van der Waals surface area (Å²) in [6, 6.07) is 15.8. The number of methoxy groups -OCH3 is 1. The van der Waals surface area contributed by atoms with Crippen LogP contribution in [-0.4, -0.2) is 27.4 Å². The zero-order valence-corrected chi connectivity index (χ0v) is 15.3. The molecule has 0 atom stereocenters. The van der Waals surface area contributed by atoms with Gasteiger partial charge in [0, 0.05) is 5.56 Å². The van der Waals surface area contributed by atoms with Crippen molar-refractivity contribution in [2.75, 3.05) is 7.11 Å². The molecule has 9 heteroatoms. The molecule has 0 saturated heterocycles. The lowest BCUT2D eigenvalue weighted by atomic mass is 10.1. The fourth-order valence-electron chi connectivity index (χ4n) is 2.47. The Morgan fingerprint density at radius 3 is 2.18 bits per heavy atom. The molecule has 3 aromatic rings. The highest BCUT2D eigenvalue weighted by atomic mass is 32.2. The first-order valence-corrected chi connectivity index (χ1v) is 9.33. The molecule has 0 unspecified atom stereocenters. The van der Waals surface area contributed by atoms with Crippen molar-refractivity contribution in [2.45, 2.75) is 11.1 Å². The van der Waals surface area contributed by atoms with Crippen LogP contribution < -0.4 is 4.74 Å². The second-order valence-corrected chi connectivity index (χ2v) is 7.23. The minimum atomic E-state index is -4.92. The molecule has 146 valence electrons. The van der Waals surface area contributed by atoms with Crippen molar-refractivity contribution >= 4 is 26.6 Å². The van der Waals surface area contributed by atoms with Gasteiger partial charge in [-0.1, -0.05) is 35.5 Å². The summed E-state index contributed by atoms with van der Waals surface area (Å²) in [7, 11) is -3.17. The van der Waals surface area contributed by atoms with Gasteiger partial charge in [0.25, 0.3) is 0 Å². The Labute approximate surface area is 159 Å². The van der Waals surface area contributed by atoms with Crippen molar-refractivity contribution in [3.05, 3.63) is 72.3 Å². The number of hydrogen-bond acceptors (Lipinski definition) is 5. The maximum absolute atomic E-state index is 13.3. The van der Waals surface area contributed by atoms with E-state index in [-0.39, 0.29) is 10.5 Å². The highest BCUT2D eigenvalue weighted by Gasteiger charge is 2.38. The normalized spacial score (nSPS) is 12.8. The quantitative estimate of drug-likeness (QED) is 0.459. The average molecular weight is 409 g/mol. The molecule has 0 N–H and O–H groups in total. The Balaban J connectivity index is 1.95. The maximum atomic E-state index is 13.3. The number of alkyl halides is 3. The summed E-state index contributed by atoms with van der Waals surface area (Å²) in [6.07, 6.45) is -4.92.